The molecule has 3 heteroatoms. The highest BCUT2D eigenvalue weighted by Crippen LogP contribution is 2.20. The number of benzene rings is 1. The molecular weight excluding hydrogens is 224 g/mol. The van der Waals surface area contributed by atoms with Crippen molar-refractivity contribution in [3.05, 3.63) is 35.4 Å². The van der Waals surface area contributed by atoms with Gasteiger partial charge in [0, 0.05) is 19.5 Å². The maximum absolute atomic E-state index is 12.0. The van der Waals surface area contributed by atoms with E-state index in [0.29, 0.717) is 13.1 Å². The smallest absolute Gasteiger partial charge is 0.224 e. The number of nitrogens with zero attached hydrogens (tertiary/aromatic N) is 2. The molecule has 18 heavy (non-hydrogen) atoms. The van der Waals surface area contributed by atoms with Crippen LogP contribution in [0.5, 0.6) is 0 Å². The molecular formula is C15H20N2O. The minimum Gasteiger partial charge on any atom is -0.343 e. The number of carbonyl (C=O) groups is 1. The molecule has 0 spiro atoms. The number of amides is 1. The second-order valence-corrected chi connectivity index (χ2v) is 4.37. The molecule has 1 atom stereocenters. The monoisotopic (exact) mass is 244 g/mol. The van der Waals surface area contributed by atoms with E-state index in [9.17, 15) is 10.1 Å². The van der Waals surface area contributed by atoms with Crippen molar-refractivity contribution >= 4 is 5.91 Å². The molecule has 0 aromatic heterocycles. The Morgan fingerprint density at radius 2 is 2.06 bits per heavy atom. The maximum Gasteiger partial charge on any atom is 0.224 e. The average molecular weight is 244 g/mol. The van der Waals surface area contributed by atoms with E-state index in [0.717, 1.165) is 11.1 Å². The lowest BCUT2D eigenvalue weighted by molar-refractivity contribution is -0.130. The summed E-state index contributed by atoms with van der Waals surface area (Å²) in [5.74, 6) is -0.300. The van der Waals surface area contributed by atoms with E-state index < -0.39 is 0 Å². The van der Waals surface area contributed by atoms with Gasteiger partial charge in [-0.05, 0) is 26.3 Å². The van der Waals surface area contributed by atoms with Crippen LogP contribution in [0, 0.1) is 18.3 Å². The first-order chi connectivity index (χ1) is 8.62. The van der Waals surface area contributed by atoms with Gasteiger partial charge in [-0.25, -0.2) is 0 Å². The summed E-state index contributed by atoms with van der Waals surface area (Å²) >= 11 is 0. The second-order valence-electron chi connectivity index (χ2n) is 4.37. The van der Waals surface area contributed by atoms with E-state index in [4.69, 9.17) is 0 Å². The number of aryl methyl sites for hydroxylation is 1. The zero-order valence-corrected chi connectivity index (χ0v) is 11.3. The quantitative estimate of drug-likeness (QED) is 0.799. The molecule has 0 aliphatic rings. The molecule has 0 saturated carbocycles. The number of hydrogen-bond donors (Lipinski definition) is 0. The standard InChI is InChI=1S/C15H20N2O/c1-4-17(5-2)15(18)10-14(11-16)13-8-6-7-12(3)9-13/h6-9,14H,4-5,10H2,1-3H3. The SMILES string of the molecule is CCN(CC)C(=O)CC(C#N)c1cccc(C)c1. The van der Waals surface area contributed by atoms with Crippen molar-refractivity contribution < 1.29 is 4.79 Å². The van der Waals surface area contributed by atoms with Gasteiger partial charge in [0.2, 0.25) is 5.91 Å². The summed E-state index contributed by atoms with van der Waals surface area (Å²) in [5.41, 5.74) is 2.04. The van der Waals surface area contributed by atoms with Crippen LogP contribution >= 0.6 is 0 Å². The average Bonchev–Trinajstić information content (AvgIpc) is 2.37. The zero-order valence-electron chi connectivity index (χ0n) is 11.3. The molecule has 1 aromatic carbocycles. The first-order valence-electron chi connectivity index (χ1n) is 6.36. The lowest BCUT2D eigenvalue weighted by atomic mass is 9.95. The summed E-state index contributed by atoms with van der Waals surface area (Å²) in [5, 5.41) is 9.23. The van der Waals surface area contributed by atoms with Crippen LogP contribution in [0.1, 0.15) is 37.3 Å². The first-order valence-corrected chi connectivity index (χ1v) is 6.36. The van der Waals surface area contributed by atoms with Crippen LogP contribution in [0.4, 0.5) is 0 Å². The Kier molecular flexibility index (Phi) is 5.38. The van der Waals surface area contributed by atoms with E-state index in [-0.39, 0.29) is 18.2 Å². The Bertz CT molecular complexity index is 444. The minimum absolute atomic E-state index is 0.0491. The lowest BCUT2D eigenvalue weighted by Crippen LogP contribution is -2.31. The summed E-state index contributed by atoms with van der Waals surface area (Å²) in [6.45, 7) is 7.29. The molecule has 0 heterocycles. The molecule has 0 aliphatic carbocycles. The number of hydrogen-bond acceptors (Lipinski definition) is 2. The van der Waals surface area contributed by atoms with Crippen molar-refractivity contribution in [2.75, 3.05) is 13.1 Å². The molecule has 0 saturated heterocycles. The van der Waals surface area contributed by atoms with Crippen LogP contribution in [0.2, 0.25) is 0 Å². The number of nitriles is 1. The van der Waals surface area contributed by atoms with Crippen LogP contribution in [-0.4, -0.2) is 23.9 Å². The van der Waals surface area contributed by atoms with Gasteiger partial charge in [0.1, 0.15) is 0 Å². The Morgan fingerprint density at radius 3 is 2.56 bits per heavy atom. The van der Waals surface area contributed by atoms with E-state index in [1.807, 2.05) is 45.0 Å². The Balaban J connectivity index is 2.80. The van der Waals surface area contributed by atoms with Gasteiger partial charge in [0.25, 0.3) is 0 Å². The predicted molar refractivity (Wildman–Crippen MR) is 72.1 cm³/mol. The second kappa shape index (κ2) is 6.80. The normalized spacial score (nSPS) is 11.7. The van der Waals surface area contributed by atoms with Crippen LogP contribution in [-0.2, 0) is 4.79 Å². The lowest BCUT2D eigenvalue weighted by Gasteiger charge is -2.20. The highest BCUT2D eigenvalue weighted by Gasteiger charge is 2.18. The predicted octanol–water partition coefficient (Wildman–Crippen LogP) is 2.86. The largest absolute Gasteiger partial charge is 0.343 e. The molecule has 1 rings (SSSR count). The van der Waals surface area contributed by atoms with Gasteiger partial charge < -0.3 is 4.90 Å². The highest BCUT2D eigenvalue weighted by atomic mass is 16.2. The molecule has 1 aromatic rings. The van der Waals surface area contributed by atoms with Crippen molar-refractivity contribution in [1.29, 1.82) is 5.26 Å². The van der Waals surface area contributed by atoms with Gasteiger partial charge >= 0.3 is 0 Å². The Morgan fingerprint density at radius 1 is 1.39 bits per heavy atom. The van der Waals surface area contributed by atoms with Crippen LogP contribution in [0.15, 0.2) is 24.3 Å². The van der Waals surface area contributed by atoms with Gasteiger partial charge in [0.05, 0.1) is 12.0 Å². The van der Waals surface area contributed by atoms with Crippen LogP contribution in [0.25, 0.3) is 0 Å². The van der Waals surface area contributed by atoms with E-state index in [1.54, 1.807) is 4.90 Å². The number of carbonyl (C=O) groups excluding carboxylic acids is 1. The summed E-state index contributed by atoms with van der Waals surface area (Å²) in [7, 11) is 0. The molecule has 0 fully saturated rings. The molecule has 96 valence electrons. The van der Waals surface area contributed by atoms with Gasteiger partial charge in [-0.3, -0.25) is 4.79 Å². The molecule has 3 nitrogen and oxygen atoms in total. The fourth-order valence-electron chi connectivity index (χ4n) is 2.00. The molecule has 0 bridgehead atoms. The van der Waals surface area contributed by atoms with Crippen molar-refractivity contribution in [3.8, 4) is 6.07 Å². The summed E-state index contributed by atoms with van der Waals surface area (Å²) in [4.78, 5) is 13.8. The summed E-state index contributed by atoms with van der Waals surface area (Å²) in [6.07, 6.45) is 0.266. The maximum atomic E-state index is 12.0. The fraction of sp³-hybridized carbons (Fsp3) is 0.467. The third-order valence-electron chi connectivity index (χ3n) is 3.10. The van der Waals surface area contributed by atoms with E-state index in [1.165, 1.54) is 0 Å². The molecule has 0 aliphatic heterocycles. The fourth-order valence-corrected chi connectivity index (χ4v) is 2.00. The van der Waals surface area contributed by atoms with Crippen molar-refractivity contribution in [2.45, 2.75) is 33.1 Å². The molecule has 1 amide bonds. The topological polar surface area (TPSA) is 44.1 Å². The van der Waals surface area contributed by atoms with E-state index in [2.05, 4.69) is 6.07 Å². The van der Waals surface area contributed by atoms with Crippen molar-refractivity contribution in [1.82, 2.24) is 4.90 Å². The van der Waals surface area contributed by atoms with E-state index >= 15 is 0 Å². The van der Waals surface area contributed by atoms with Crippen molar-refractivity contribution in [2.24, 2.45) is 0 Å². The van der Waals surface area contributed by atoms with Crippen molar-refractivity contribution in [3.63, 3.8) is 0 Å². The summed E-state index contributed by atoms with van der Waals surface area (Å²) < 4.78 is 0. The minimum atomic E-state index is -0.349. The third-order valence-corrected chi connectivity index (χ3v) is 3.10. The van der Waals surface area contributed by atoms with Gasteiger partial charge in [-0.1, -0.05) is 29.8 Å². The molecule has 1 unspecified atom stereocenters. The molecule has 0 N–H and O–H groups in total. The third kappa shape index (κ3) is 3.59. The number of rotatable bonds is 5. The summed E-state index contributed by atoms with van der Waals surface area (Å²) in [6, 6.07) is 10.0. The zero-order chi connectivity index (χ0) is 13.5. The van der Waals surface area contributed by atoms with Gasteiger partial charge in [-0.15, -0.1) is 0 Å². The highest BCUT2D eigenvalue weighted by molar-refractivity contribution is 5.77. The van der Waals surface area contributed by atoms with Gasteiger partial charge in [-0.2, -0.15) is 5.26 Å². The van der Waals surface area contributed by atoms with Crippen LogP contribution in [0.3, 0.4) is 0 Å². The Labute approximate surface area is 109 Å². The first kappa shape index (κ1) is 14.2. The van der Waals surface area contributed by atoms with Crippen LogP contribution < -0.4 is 0 Å². The molecule has 0 radical (unpaired) electrons. The Hall–Kier alpha value is -1.82. The van der Waals surface area contributed by atoms with Gasteiger partial charge in [0.15, 0.2) is 0 Å².